The molecule has 0 unspecified atom stereocenters. The molecule has 0 spiro atoms. The molecule has 0 saturated heterocycles. The number of rotatable bonds is 1. The topological polar surface area (TPSA) is 43.4 Å². The summed E-state index contributed by atoms with van der Waals surface area (Å²) in [5, 5.41) is 0. The summed E-state index contributed by atoms with van der Waals surface area (Å²) in [7, 11) is 1.35. The third-order valence-corrected chi connectivity index (χ3v) is 4.07. The molecule has 3 nitrogen and oxygen atoms in total. The van der Waals surface area contributed by atoms with E-state index in [0.29, 0.717) is 15.8 Å². The number of fused-ring (bicyclic) bond motifs is 1. The van der Waals surface area contributed by atoms with Crippen LogP contribution in [0.2, 0.25) is 0 Å². The number of ether oxygens (including phenoxy) is 1. The van der Waals surface area contributed by atoms with Crippen LogP contribution in [0.1, 0.15) is 5.56 Å². The number of halogens is 3. The van der Waals surface area contributed by atoms with Crippen molar-refractivity contribution in [2.45, 2.75) is 0 Å². The summed E-state index contributed by atoms with van der Waals surface area (Å²) in [6, 6.07) is 2.42. The molecule has 1 aromatic carbocycles. The van der Waals surface area contributed by atoms with Crippen molar-refractivity contribution in [3.63, 3.8) is 0 Å². The van der Waals surface area contributed by atoms with Gasteiger partial charge in [0.05, 0.1) is 9.38 Å². The largest absolute Gasteiger partial charge is 0.486 e. The van der Waals surface area contributed by atoms with Gasteiger partial charge >= 0.3 is 0 Å². The number of hydrogen-bond acceptors (Lipinski definition) is 3. The Labute approximate surface area is 104 Å². The van der Waals surface area contributed by atoms with Crippen LogP contribution in [0.5, 0.6) is 5.75 Å². The minimum atomic E-state index is -3.82. The van der Waals surface area contributed by atoms with Crippen LogP contribution in [0, 0.1) is 5.82 Å². The van der Waals surface area contributed by atoms with Crippen LogP contribution in [0.15, 0.2) is 21.5 Å². The van der Waals surface area contributed by atoms with Crippen LogP contribution >= 0.6 is 26.6 Å². The lowest BCUT2D eigenvalue weighted by Crippen LogP contribution is -2.12. The Morgan fingerprint density at radius 1 is 1.44 bits per heavy atom. The molecule has 0 aromatic heterocycles. The molecule has 0 N–H and O–H groups in total. The van der Waals surface area contributed by atoms with Crippen molar-refractivity contribution in [3.8, 4) is 5.75 Å². The fourth-order valence-corrected chi connectivity index (χ4v) is 2.64. The van der Waals surface area contributed by atoms with E-state index in [1.807, 2.05) is 0 Å². The van der Waals surface area contributed by atoms with Gasteiger partial charge in [0.2, 0.25) is 0 Å². The lowest BCUT2D eigenvalue weighted by atomic mass is 10.1. The summed E-state index contributed by atoms with van der Waals surface area (Å²) in [6.07, 6.45) is 1.30. The van der Waals surface area contributed by atoms with Gasteiger partial charge in [0, 0.05) is 16.2 Å². The summed E-state index contributed by atoms with van der Waals surface area (Å²) in [4.78, 5) is -0.0841. The molecule has 0 radical (unpaired) electrons. The van der Waals surface area contributed by atoms with E-state index in [0.717, 1.165) is 0 Å². The van der Waals surface area contributed by atoms with Gasteiger partial charge in [-0.25, -0.2) is 12.8 Å². The lowest BCUT2D eigenvalue weighted by molar-refractivity contribution is 0.350. The minimum Gasteiger partial charge on any atom is -0.486 e. The van der Waals surface area contributed by atoms with Gasteiger partial charge in [0.15, 0.2) is 0 Å². The fourth-order valence-electron chi connectivity index (χ4n) is 1.34. The van der Waals surface area contributed by atoms with Crippen molar-refractivity contribution in [3.05, 3.63) is 32.9 Å². The molecule has 1 aromatic rings. The van der Waals surface area contributed by atoms with Crippen molar-refractivity contribution in [1.29, 1.82) is 0 Å². The third kappa shape index (κ3) is 2.23. The second kappa shape index (κ2) is 4.01. The first kappa shape index (κ1) is 11.9. The molecule has 0 bridgehead atoms. The Hall–Kier alpha value is -0.590. The van der Waals surface area contributed by atoms with Gasteiger partial charge in [-0.05, 0) is 34.1 Å². The van der Waals surface area contributed by atoms with Crippen molar-refractivity contribution in [2.24, 2.45) is 0 Å². The van der Waals surface area contributed by atoms with E-state index < -0.39 is 14.9 Å². The molecule has 0 fully saturated rings. The fraction of sp³-hybridized carbons (Fsp3) is 0.111. The maximum absolute atomic E-state index is 13.1. The van der Waals surface area contributed by atoms with E-state index in [9.17, 15) is 12.8 Å². The average Bonchev–Trinajstić information content (AvgIpc) is 2.15. The Balaban J connectivity index is 2.60. The predicted octanol–water partition coefficient (Wildman–Crippen LogP) is 2.89. The van der Waals surface area contributed by atoms with E-state index >= 15 is 0 Å². The quantitative estimate of drug-likeness (QED) is 0.745. The van der Waals surface area contributed by atoms with Gasteiger partial charge in [-0.3, -0.25) is 0 Å². The molecule has 2 rings (SSSR count). The number of benzene rings is 1. The van der Waals surface area contributed by atoms with Crippen molar-refractivity contribution < 1.29 is 17.5 Å². The SMILES string of the molecule is O=S(=O)(Cl)C1=Cc2cc(F)cc(Br)c2OC1. The summed E-state index contributed by atoms with van der Waals surface area (Å²) < 4.78 is 40.9. The second-order valence-corrected chi connectivity index (χ2v) is 6.62. The molecule has 1 aliphatic rings. The predicted molar refractivity (Wildman–Crippen MR) is 62.3 cm³/mol. The molecular formula is C9H5BrClFO3S. The van der Waals surface area contributed by atoms with Crippen LogP contribution in [0.25, 0.3) is 6.08 Å². The first-order chi connectivity index (χ1) is 7.38. The molecule has 86 valence electrons. The highest BCUT2D eigenvalue weighted by Crippen LogP contribution is 2.36. The highest BCUT2D eigenvalue weighted by molar-refractivity contribution is 9.10. The van der Waals surface area contributed by atoms with Crippen molar-refractivity contribution in [1.82, 2.24) is 0 Å². The van der Waals surface area contributed by atoms with Crippen LogP contribution in [-0.2, 0) is 9.05 Å². The highest BCUT2D eigenvalue weighted by atomic mass is 79.9. The standard InChI is InChI=1S/C9H5BrClFO3S/c10-8-3-6(12)1-5-2-7(16(11,13)14)4-15-9(5)8/h1-3H,4H2. The van der Waals surface area contributed by atoms with Gasteiger partial charge in [0.25, 0.3) is 9.05 Å². The van der Waals surface area contributed by atoms with Gasteiger partial charge < -0.3 is 4.74 Å². The Bertz CT molecular complexity index is 583. The maximum Gasteiger partial charge on any atom is 0.260 e. The van der Waals surface area contributed by atoms with Crippen LogP contribution in [0.4, 0.5) is 4.39 Å². The number of hydrogen-bond donors (Lipinski definition) is 0. The van der Waals surface area contributed by atoms with Gasteiger partial charge in [0.1, 0.15) is 18.2 Å². The zero-order valence-corrected chi connectivity index (χ0v) is 10.9. The normalized spacial score (nSPS) is 15.1. The van der Waals surface area contributed by atoms with Crippen LogP contribution in [-0.4, -0.2) is 15.0 Å². The molecule has 0 saturated carbocycles. The lowest BCUT2D eigenvalue weighted by Gasteiger charge is -2.17. The molecule has 1 heterocycles. The van der Waals surface area contributed by atoms with E-state index in [4.69, 9.17) is 15.4 Å². The van der Waals surface area contributed by atoms with E-state index in [-0.39, 0.29) is 11.5 Å². The van der Waals surface area contributed by atoms with Gasteiger partial charge in [-0.2, -0.15) is 0 Å². The molecule has 0 atom stereocenters. The molecule has 16 heavy (non-hydrogen) atoms. The molecule has 0 amide bonds. The molecule has 1 aliphatic heterocycles. The highest BCUT2D eigenvalue weighted by Gasteiger charge is 2.22. The van der Waals surface area contributed by atoms with Gasteiger partial charge in [-0.15, -0.1) is 0 Å². The van der Waals surface area contributed by atoms with Crippen LogP contribution in [0.3, 0.4) is 0 Å². The van der Waals surface area contributed by atoms with Crippen molar-refractivity contribution in [2.75, 3.05) is 6.61 Å². The Morgan fingerprint density at radius 2 is 2.12 bits per heavy atom. The smallest absolute Gasteiger partial charge is 0.260 e. The summed E-state index contributed by atoms with van der Waals surface area (Å²) in [5.74, 6) is -0.0795. The van der Waals surface area contributed by atoms with Gasteiger partial charge in [-0.1, -0.05) is 0 Å². The minimum absolute atomic E-state index is 0.0841. The second-order valence-electron chi connectivity index (χ2n) is 3.14. The molecule has 0 aliphatic carbocycles. The van der Waals surface area contributed by atoms with E-state index in [2.05, 4.69) is 15.9 Å². The monoisotopic (exact) mass is 326 g/mol. The summed E-state index contributed by atoms with van der Waals surface area (Å²) >= 11 is 3.13. The molecular weight excluding hydrogens is 323 g/mol. The summed E-state index contributed by atoms with van der Waals surface area (Å²) in [6.45, 7) is -0.150. The van der Waals surface area contributed by atoms with E-state index in [1.165, 1.54) is 18.2 Å². The van der Waals surface area contributed by atoms with Crippen molar-refractivity contribution >= 4 is 41.7 Å². The zero-order chi connectivity index (χ0) is 11.9. The Kier molecular flexibility index (Phi) is 2.98. The summed E-state index contributed by atoms with van der Waals surface area (Å²) in [5.41, 5.74) is 0.345. The average molecular weight is 328 g/mol. The maximum atomic E-state index is 13.1. The first-order valence-electron chi connectivity index (χ1n) is 4.15. The van der Waals surface area contributed by atoms with E-state index in [1.54, 1.807) is 0 Å². The molecule has 7 heteroatoms. The third-order valence-electron chi connectivity index (χ3n) is 2.03. The zero-order valence-electron chi connectivity index (χ0n) is 7.71. The van der Waals surface area contributed by atoms with Crippen LogP contribution < -0.4 is 4.74 Å². The first-order valence-corrected chi connectivity index (χ1v) is 7.25. The Morgan fingerprint density at radius 3 is 2.75 bits per heavy atom.